The molecular formula is C20H24O4. The van der Waals surface area contributed by atoms with Crippen molar-refractivity contribution in [3.63, 3.8) is 0 Å². The quantitative estimate of drug-likeness (QED) is 0.714. The van der Waals surface area contributed by atoms with Gasteiger partial charge in [-0.3, -0.25) is 4.79 Å². The highest BCUT2D eigenvalue weighted by molar-refractivity contribution is 5.93. The van der Waals surface area contributed by atoms with Gasteiger partial charge in [0.05, 0.1) is 6.61 Å². The summed E-state index contributed by atoms with van der Waals surface area (Å²) < 4.78 is 17.0. The summed E-state index contributed by atoms with van der Waals surface area (Å²) >= 11 is 0. The van der Waals surface area contributed by atoms with E-state index in [0.717, 1.165) is 18.6 Å². The van der Waals surface area contributed by atoms with Gasteiger partial charge in [0.25, 0.3) is 0 Å². The molecule has 0 aromatic heterocycles. The lowest BCUT2D eigenvalue weighted by atomic mass is 9.76. The van der Waals surface area contributed by atoms with Gasteiger partial charge in [0.2, 0.25) is 0 Å². The Hall–Kier alpha value is -2.07. The zero-order chi connectivity index (χ0) is 17.0. The van der Waals surface area contributed by atoms with Crippen molar-refractivity contribution in [2.75, 3.05) is 13.4 Å². The van der Waals surface area contributed by atoms with Gasteiger partial charge in [-0.2, -0.15) is 0 Å². The Kier molecular flexibility index (Phi) is 5.05. The van der Waals surface area contributed by atoms with E-state index < -0.39 is 5.60 Å². The van der Waals surface area contributed by atoms with E-state index >= 15 is 0 Å². The first kappa shape index (κ1) is 16.8. The summed E-state index contributed by atoms with van der Waals surface area (Å²) in [7, 11) is 0. The van der Waals surface area contributed by atoms with Crippen molar-refractivity contribution in [1.29, 1.82) is 0 Å². The third-order valence-electron chi connectivity index (χ3n) is 4.75. The first-order chi connectivity index (χ1) is 11.7. The molecule has 1 aromatic carbocycles. The number of allylic oxidation sites excluding steroid dienone is 2. The van der Waals surface area contributed by atoms with Crippen LogP contribution in [0.25, 0.3) is 0 Å². The standard InChI is InChI=1S/C20H24O4/c1-3-5-16-13-20(19(12-18(16)21)23-14-24-20)11-10-15-6-8-17(9-7-15)22-4-2/h3,6-9,12,16H,1,4-5,10-11,13-14H2,2H3/t16-,20-/m0/s1. The number of ether oxygens (including phenoxy) is 3. The number of hydrogen-bond acceptors (Lipinski definition) is 4. The van der Waals surface area contributed by atoms with Gasteiger partial charge >= 0.3 is 0 Å². The van der Waals surface area contributed by atoms with Gasteiger partial charge in [-0.05, 0) is 50.3 Å². The summed E-state index contributed by atoms with van der Waals surface area (Å²) in [5.41, 5.74) is 0.750. The van der Waals surface area contributed by atoms with Crippen LogP contribution in [-0.4, -0.2) is 24.8 Å². The minimum Gasteiger partial charge on any atom is -0.494 e. The maximum absolute atomic E-state index is 12.2. The number of aryl methyl sites for hydroxylation is 1. The average molecular weight is 328 g/mol. The second-order valence-electron chi connectivity index (χ2n) is 6.31. The Morgan fingerprint density at radius 2 is 2.17 bits per heavy atom. The van der Waals surface area contributed by atoms with E-state index in [4.69, 9.17) is 14.2 Å². The van der Waals surface area contributed by atoms with Crippen LogP contribution in [-0.2, 0) is 20.7 Å². The van der Waals surface area contributed by atoms with Crippen LogP contribution in [0.2, 0.25) is 0 Å². The summed E-state index contributed by atoms with van der Waals surface area (Å²) in [5.74, 6) is 1.63. The van der Waals surface area contributed by atoms with Crippen LogP contribution >= 0.6 is 0 Å². The molecule has 1 aromatic rings. The molecule has 128 valence electrons. The lowest BCUT2D eigenvalue weighted by molar-refractivity contribution is -0.121. The number of rotatable bonds is 7. The van der Waals surface area contributed by atoms with Gasteiger partial charge in [0.15, 0.2) is 12.6 Å². The average Bonchev–Trinajstić information content (AvgIpc) is 2.98. The second-order valence-corrected chi connectivity index (χ2v) is 6.31. The van der Waals surface area contributed by atoms with Crippen molar-refractivity contribution < 1.29 is 19.0 Å². The van der Waals surface area contributed by atoms with Crippen LogP contribution in [0.1, 0.15) is 31.7 Å². The molecule has 3 rings (SSSR count). The van der Waals surface area contributed by atoms with Crippen LogP contribution in [0, 0.1) is 5.92 Å². The SMILES string of the molecule is C=CC[C@H]1C[C@]2(CCc3ccc(OCC)cc3)OCOC2=CC1=O. The van der Waals surface area contributed by atoms with E-state index in [2.05, 4.69) is 18.7 Å². The largest absolute Gasteiger partial charge is 0.494 e. The predicted octanol–water partition coefficient (Wildman–Crippen LogP) is 3.81. The van der Waals surface area contributed by atoms with Gasteiger partial charge < -0.3 is 14.2 Å². The fourth-order valence-electron chi connectivity index (χ4n) is 3.45. The molecule has 0 N–H and O–H groups in total. The Morgan fingerprint density at radius 3 is 2.88 bits per heavy atom. The summed E-state index contributed by atoms with van der Waals surface area (Å²) in [6.45, 7) is 6.62. The predicted molar refractivity (Wildman–Crippen MR) is 91.7 cm³/mol. The molecule has 0 unspecified atom stereocenters. The summed E-state index contributed by atoms with van der Waals surface area (Å²) in [6, 6.07) is 8.14. The lowest BCUT2D eigenvalue weighted by Gasteiger charge is -2.33. The monoisotopic (exact) mass is 328 g/mol. The molecular weight excluding hydrogens is 304 g/mol. The molecule has 1 saturated heterocycles. The first-order valence-corrected chi connectivity index (χ1v) is 8.52. The van der Waals surface area contributed by atoms with Gasteiger partial charge in [-0.25, -0.2) is 0 Å². The zero-order valence-electron chi connectivity index (χ0n) is 14.1. The van der Waals surface area contributed by atoms with E-state index in [1.807, 2.05) is 19.1 Å². The van der Waals surface area contributed by atoms with E-state index in [9.17, 15) is 4.79 Å². The topological polar surface area (TPSA) is 44.8 Å². The van der Waals surface area contributed by atoms with Crippen molar-refractivity contribution in [2.24, 2.45) is 5.92 Å². The molecule has 1 aliphatic carbocycles. The van der Waals surface area contributed by atoms with Gasteiger partial charge in [0.1, 0.15) is 17.1 Å². The minimum atomic E-state index is -0.472. The number of carbonyl (C=O) groups is 1. The lowest BCUT2D eigenvalue weighted by Crippen LogP contribution is -2.39. The molecule has 1 aliphatic heterocycles. The normalized spacial score (nSPS) is 25.6. The van der Waals surface area contributed by atoms with Crippen LogP contribution < -0.4 is 4.74 Å². The highest BCUT2D eigenvalue weighted by Crippen LogP contribution is 2.43. The number of benzene rings is 1. The van der Waals surface area contributed by atoms with Gasteiger partial charge in [-0.15, -0.1) is 6.58 Å². The van der Waals surface area contributed by atoms with Crippen LogP contribution in [0.5, 0.6) is 5.75 Å². The second kappa shape index (κ2) is 7.22. The van der Waals surface area contributed by atoms with Crippen molar-refractivity contribution in [1.82, 2.24) is 0 Å². The molecule has 0 saturated carbocycles. The van der Waals surface area contributed by atoms with E-state index in [1.54, 1.807) is 12.2 Å². The summed E-state index contributed by atoms with van der Waals surface area (Å²) in [4.78, 5) is 12.2. The fraction of sp³-hybridized carbons (Fsp3) is 0.450. The Morgan fingerprint density at radius 1 is 1.38 bits per heavy atom. The Labute approximate surface area is 143 Å². The van der Waals surface area contributed by atoms with Crippen LogP contribution in [0.15, 0.2) is 48.8 Å². The first-order valence-electron chi connectivity index (χ1n) is 8.52. The molecule has 24 heavy (non-hydrogen) atoms. The van der Waals surface area contributed by atoms with Crippen molar-refractivity contribution in [3.05, 3.63) is 54.3 Å². The molecule has 0 radical (unpaired) electrons. The van der Waals surface area contributed by atoms with E-state index in [-0.39, 0.29) is 18.5 Å². The molecule has 0 bridgehead atoms. The molecule has 1 fully saturated rings. The zero-order valence-corrected chi connectivity index (χ0v) is 14.1. The van der Waals surface area contributed by atoms with Crippen LogP contribution in [0.4, 0.5) is 0 Å². The smallest absolute Gasteiger partial charge is 0.189 e. The highest BCUT2D eigenvalue weighted by atomic mass is 16.7. The van der Waals surface area contributed by atoms with Gasteiger partial charge in [0, 0.05) is 12.0 Å². The molecule has 4 nitrogen and oxygen atoms in total. The van der Waals surface area contributed by atoms with E-state index in [0.29, 0.717) is 25.2 Å². The summed E-state index contributed by atoms with van der Waals surface area (Å²) in [5, 5.41) is 0. The fourth-order valence-corrected chi connectivity index (χ4v) is 3.45. The summed E-state index contributed by atoms with van der Waals surface area (Å²) in [6.07, 6.45) is 6.44. The molecule has 1 heterocycles. The molecule has 2 atom stereocenters. The third kappa shape index (κ3) is 3.39. The molecule has 2 aliphatic rings. The number of hydrogen-bond donors (Lipinski definition) is 0. The maximum atomic E-state index is 12.2. The molecule has 0 spiro atoms. The van der Waals surface area contributed by atoms with Crippen molar-refractivity contribution >= 4 is 5.78 Å². The Bertz CT molecular complexity index is 632. The maximum Gasteiger partial charge on any atom is 0.189 e. The molecule has 0 amide bonds. The third-order valence-corrected chi connectivity index (χ3v) is 4.75. The number of ketones is 1. The number of fused-ring (bicyclic) bond motifs is 1. The van der Waals surface area contributed by atoms with Crippen molar-refractivity contribution in [3.8, 4) is 5.75 Å². The highest BCUT2D eigenvalue weighted by Gasteiger charge is 2.47. The minimum absolute atomic E-state index is 0.0618. The Balaban J connectivity index is 1.71. The van der Waals surface area contributed by atoms with Crippen LogP contribution in [0.3, 0.4) is 0 Å². The van der Waals surface area contributed by atoms with Crippen molar-refractivity contribution in [2.45, 2.75) is 38.2 Å². The van der Waals surface area contributed by atoms with E-state index in [1.165, 1.54) is 5.56 Å². The molecule has 4 heteroatoms. The van der Waals surface area contributed by atoms with Gasteiger partial charge in [-0.1, -0.05) is 18.2 Å². The number of carbonyl (C=O) groups excluding carboxylic acids is 1.